The molecule has 11 heavy (non-hydrogen) atoms. The number of nitrogens with zero attached hydrogens (tertiary/aromatic N) is 2. The van der Waals surface area contributed by atoms with Crippen LogP contribution in [0.15, 0.2) is 19.1 Å². The van der Waals surface area contributed by atoms with Gasteiger partial charge in [0.25, 0.3) is 0 Å². The van der Waals surface area contributed by atoms with E-state index < -0.39 is 11.9 Å². The monoisotopic (exact) mass is 162 g/mol. The van der Waals surface area contributed by atoms with E-state index in [9.17, 15) is 13.2 Å². The van der Waals surface area contributed by atoms with Crippen LogP contribution in [-0.2, 0) is 6.18 Å². The van der Waals surface area contributed by atoms with Gasteiger partial charge in [-0.1, -0.05) is 6.58 Å². The summed E-state index contributed by atoms with van der Waals surface area (Å²) < 4.78 is 36.6. The van der Waals surface area contributed by atoms with E-state index in [1.54, 1.807) is 0 Å². The SMILES string of the molecule is C=Cn1cnc(C(F)(F)F)c1. The van der Waals surface area contributed by atoms with E-state index in [0.717, 1.165) is 17.1 Å². The van der Waals surface area contributed by atoms with Crippen LogP contribution >= 0.6 is 0 Å². The van der Waals surface area contributed by atoms with Crippen molar-refractivity contribution in [3.63, 3.8) is 0 Å². The van der Waals surface area contributed by atoms with Crippen molar-refractivity contribution in [1.82, 2.24) is 9.55 Å². The summed E-state index contributed by atoms with van der Waals surface area (Å²) in [7, 11) is 0. The summed E-state index contributed by atoms with van der Waals surface area (Å²) in [5.74, 6) is 0. The maximum Gasteiger partial charge on any atom is 0.434 e. The van der Waals surface area contributed by atoms with Crippen molar-refractivity contribution in [2.24, 2.45) is 0 Å². The van der Waals surface area contributed by atoms with Crippen molar-refractivity contribution in [3.8, 4) is 0 Å². The lowest BCUT2D eigenvalue weighted by Gasteiger charge is -1.98. The van der Waals surface area contributed by atoms with Gasteiger partial charge in [0.05, 0.1) is 6.33 Å². The lowest BCUT2D eigenvalue weighted by molar-refractivity contribution is -0.140. The van der Waals surface area contributed by atoms with Gasteiger partial charge in [0.15, 0.2) is 5.69 Å². The largest absolute Gasteiger partial charge is 0.434 e. The Morgan fingerprint density at radius 3 is 2.45 bits per heavy atom. The number of imidazole rings is 1. The van der Waals surface area contributed by atoms with Gasteiger partial charge < -0.3 is 4.57 Å². The van der Waals surface area contributed by atoms with Crippen LogP contribution < -0.4 is 0 Å². The minimum absolute atomic E-state index is 0.868. The zero-order valence-corrected chi connectivity index (χ0v) is 5.47. The van der Waals surface area contributed by atoms with E-state index in [4.69, 9.17) is 0 Å². The summed E-state index contributed by atoms with van der Waals surface area (Å²) in [6.45, 7) is 3.28. The second-order valence-electron chi connectivity index (χ2n) is 1.89. The van der Waals surface area contributed by atoms with Crippen LogP contribution in [0.5, 0.6) is 0 Å². The predicted molar refractivity (Wildman–Crippen MR) is 33.6 cm³/mol. The second kappa shape index (κ2) is 2.41. The molecule has 0 radical (unpaired) electrons. The smallest absolute Gasteiger partial charge is 0.313 e. The molecule has 0 saturated carbocycles. The van der Waals surface area contributed by atoms with Gasteiger partial charge in [-0.15, -0.1) is 0 Å². The molecule has 2 nitrogen and oxygen atoms in total. The van der Waals surface area contributed by atoms with E-state index in [1.807, 2.05) is 0 Å². The third kappa shape index (κ3) is 1.60. The molecule has 0 spiro atoms. The van der Waals surface area contributed by atoms with E-state index in [1.165, 1.54) is 6.20 Å². The summed E-state index contributed by atoms with van der Waals surface area (Å²) >= 11 is 0. The predicted octanol–water partition coefficient (Wildman–Crippen LogP) is 2.00. The normalized spacial score (nSPS) is 11.5. The molecule has 0 aliphatic rings. The maximum atomic E-state index is 11.8. The quantitative estimate of drug-likeness (QED) is 0.617. The fraction of sp³-hybridized carbons (Fsp3) is 0.167. The van der Waals surface area contributed by atoms with Gasteiger partial charge in [-0.25, -0.2) is 4.98 Å². The third-order valence-electron chi connectivity index (χ3n) is 1.10. The highest BCUT2D eigenvalue weighted by Gasteiger charge is 2.33. The molecule has 5 heteroatoms. The Morgan fingerprint density at radius 2 is 2.18 bits per heavy atom. The lowest BCUT2D eigenvalue weighted by atomic mass is 10.5. The number of hydrogen-bond donors (Lipinski definition) is 0. The molecule has 0 aliphatic heterocycles. The van der Waals surface area contributed by atoms with Crippen LogP contribution in [0.1, 0.15) is 5.69 Å². The van der Waals surface area contributed by atoms with Gasteiger partial charge in [-0.05, 0) is 0 Å². The van der Waals surface area contributed by atoms with Crippen LogP contribution in [0, 0.1) is 0 Å². The Kier molecular flexibility index (Phi) is 1.72. The van der Waals surface area contributed by atoms with Crippen molar-refractivity contribution >= 4 is 6.20 Å². The van der Waals surface area contributed by atoms with Crippen LogP contribution in [0.2, 0.25) is 0 Å². The summed E-state index contributed by atoms with van der Waals surface area (Å²) in [4.78, 5) is 3.12. The van der Waals surface area contributed by atoms with Crippen LogP contribution in [0.3, 0.4) is 0 Å². The Hall–Kier alpha value is -1.26. The van der Waals surface area contributed by atoms with Crippen molar-refractivity contribution in [3.05, 3.63) is 24.8 Å². The van der Waals surface area contributed by atoms with E-state index in [0.29, 0.717) is 0 Å². The fourth-order valence-corrected chi connectivity index (χ4v) is 0.583. The standard InChI is InChI=1S/C6H5F3N2/c1-2-11-3-5(10-4-11)6(7,8)9/h2-4H,1H2. The Bertz CT molecular complexity index is 261. The topological polar surface area (TPSA) is 17.8 Å². The van der Waals surface area contributed by atoms with E-state index >= 15 is 0 Å². The van der Waals surface area contributed by atoms with Crippen LogP contribution in [0.4, 0.5) is 13.2 Å². The molecule has 60 valence electrons. The number of alkyl halides is 3. The first-order valence-corrected chi connectivity index (χ1v) is 2.77. The average molecular weight is 162 g/mol. The Balaban J connectivity index is 2.98. The van der Waals surface area contributed by atoms with Crippen molar-refractivity contribution in [2.45, 2.75) is 6.18 Å². The molecule has 1 heterocycles. The molecule has 0 aliphatic carbocycles. The number of halogens is 3. The summed E-state index contributed by atoms with van der Waals surface area (Å²) in [5.41, 5.74) is -0.905. The number of hydrogen-bond acceptors (Lipinski definition) is 1. The second-order valence-corrected chi connectivity index (χ2v) is 1.89. The Labute approximate surface area is 61.0 Å². The van der Waals surface area contributed by atoms with Gasteiger partial charge in [0.2, 0.25) is 0 Å². The summed E-state index contributed by atoms with van der Waals surface area (Å²) in [6, 6.07) is 0. The van der Waals surface area contributed by atoms with Crippen molar-refractivity contribution in [1.29, 1.82) is 0 Å². The highest BCUT2D eigenvalue weighted by Crippen LogP contribution is 2.27. The molecule has 0 saturated heterocycles. The molecule has 0 bridgehead atoms. The summed E-state index contributed by atoms with van der Waals surface area (Å²) in [6.07, 6.45) is -1.21. The third-order valence-corrected chi connectivity index (χ3v) is 1.10. The molecule has 1 rings (SSSR count). The average Bonchev–Trinajstić information content (AvgIpc) is 2.32. The van der Waals surface area contributed by atoms with Crippen LogP contribution in [-0.4, -0.2) is 9.55 Å². The van der Waals surface area contributed by atoms with E-state index in [2.05, 4.69) is 11.6 Å². The van der Waals surface area contributed by atoms with Gasteiger partial charge in [-0.2, -0.15) is 13.2 Å². The molecule has 1 aromatic rings. The zero-order chi connectivity index (χ0) is 8.48. The van der Waals surface area contributed by atoms with Gasteiger partial charge in [0, 0.05) is 12.4 Å². The first-order chi connectivity index (χ1) is 5.04. The van der Waals surface area contributed by atoms with Gasteiger partial charge >= 0.3 is 6.18 Å². The molecule has 0 aromatic carbocycles. The molecule has 0 amide bonds. The lowest BCUT2D eigenvalue weighted by Crippen LogP contribution is -2.04. The minimum atomic E-state index is -4.37. The number of aromatic nitrogens is 2. The maximum absolute atomic E-state index is 11.8. The molecule has 0 fully saturated rings. The molecule has 0 N–H and O–H groups in total. The molecule has 0 atom stereocenters. The molecule has 1 aromatic heterocycles. The highest BCUT2D eigenvalue weighted by molar-refractivity contribution is 5.18. The molecular formula is C6H5F3N2. The van der Waals surface area contributed by atoms with Gasteiger partial charge in [-0.3, -0.25) is 0 Å². The zero-order valence-electron chi connectivity index (χ0n) is 5.47. The molecule has 0 unspecified atom stereocenters. The van der Waals surface area contributed by atoms with Crippen LogP contribution in [0.25, 0.3) is 6.20 Å². The van der Waals surface area contributed by atoms with Crippen molar-refractivity contribution in [2.75, 3.05) is 0 Å². The first-order valence-electron chi connectivity index (χ1n) is 2.77. The Morgan fingerprint density at radius 1 is 1.55 bits per heavy atom. The minimum Gasteiger partial charge on any atom is -0.313 e. The number of rotatable bonds is 1. The van der Waals surface area contributed by atoms with Gasteiger partial charge in [0.1, 0.15) is 0 Å². The summed E-state index contributed by atoms with van der Waals surface area (Å²) in [5, 5.41) is 0. The highest BCUT2D eigenvalue weighted by atomic mass is 19.4. The fourth-order valence-electron chi connectivity index (χ4n) is 0.583. The molecular weight excluding hydrogens is 157 g/mol. The first kappa shape index (κ1) is 7.84. The van der Waals surface area contributed by atoms with E-state index in [-0.39, 0.29) is 0 Å². The van der Waals surface area contributed by atoms with Crippen molar-refractivity contribution < 1.29 is 13.2 Å².